The Bertz CT molecular complexity index is 253. The van der Waals surface area contributed by atoms with Crippen LogP contribution in [0.15, 0.2) is 0 Å². The van der Waals surface area contributed by atoms with E-state index >= 15 is 0 Å². The second kappa shape index (κ2) is 3.12. The van der Waals surface area contributed by atoms with Crippen LogP contribution in [0.5, 0.6) is 0 Å². The summed E-state index contributed by atoms with van der Waals surface area (Å²) in [4.78, 5) is 10.9. The fraction of sp³-hybridized carbons (Fsp3) is 0.800. The Hall–Kier alpha value is -0.880. The van der Waals surface area contributed by atoms with Crippen molar-refractivity contribution in [2.24, 2.45) is 11.3 Å². The zero-order chi connectivity index (χ0) is 9.31. The molecule has 0 N–H and O–H groups in total. The van der Waals surface area contributed by atoms with Gasteiger partial charge in [0.05, 0.1) is 11.5 Å². The van der Waals surface area contributed by atoms with Crippen molar-refractivity contribution in [2.75, 3.05) is 13.2 Å². The van der Waals surface area contributed by atoms with Crippen molar-refractivity contribution in [2.45, 2.75) is 25.7 Å². The number of hydrogen-bond acceptors (Lipinski definition) is 3. The molecule has 0 radical (unpaired) electrons. The molecule has 70 valence electrons. The molecule has 0 aromatic heterocycles. The number of hydrogen-bond donors (Lipinski definition) is 0. The first-order chi connectivity index (χ1) is 6.27. The van der Waals surface area contributed by atoms with E-state index in [0.717, 1.165) is 26.1 Å². The van der Waals surface area contributed by atoms with Gasteiger partial charge in [0.2, 0.25) is 0 Å². The number of carbonyl (C=O) groups excluding carboxylic acids is 1. The minimum atomic E-state index is -0.319. The number of ether oxygens (including phenoxy) is 1. The van der Waals surface area contributed by atoms with E-state index in [4.69, 9.17) is 10.00 Å². The maximum absolute atomic E-state index is 10.9. The van der Waals surface area contributed by atoms with Gasteiger partial charge in [0, 0.05) is 26.1 Å². The predicted molar refractivity (Wildman–Crippen MR) is 45.8 cm³/mol. The van der Waals surface area contributed by atoms with E-state index < -0.39 is 0 Å². The molecule has 3 heteroatoms. The highest BCUT2D eigenvalue weighted by Crippen LogP contribution is 2.47. The zero-order valence-electron chi connectivity index (χ0n) is 7.58. The average Bonchev–Trinajstić information content (AvgIpc) is 2.14. The topological polar surface area (TPSA) is 50.1 Å². The molecule has 0 aromatic rings. The smallest absolute Gasteiger partial charge is 0.136 e. The van der Waals surface area contributed by atoms with Crippen molar-refractivity contribution in [3.8, 4) is 6.07 Å². The molecule has 2 fully saturated rings. The van der Waals surface area contributed by atoms with Crippen molar-refractivity contribution in [3.05, 3.63) is 0 Å². The number of carbonyl (C=O) groups is 1. The Kier molecular flexibility index (Phi) is 2.09. The summed E-state index contributed by atoms with van der Waals surface area (Å²) in [7, 11) is 0. The average molecular weight is 179 g/mol. The Morgan fingerprint density at radius 2 is 2.00 bits per heavy atom. The molecule has 2 rings (SSSR count). The van der Waals surface area contributed by atoms with Crippen LogP contribution in [0.3, 0.4) is 0 Å². The summed E-state index contributed by atoms with van der Waals surface area (Å²) in [5, 5.41) is 9.06. The first kappa shape index (κ1) is 8.71. The van der Waals surface area contributed by atoms with Crippen molar-refractivity contribution >= 4 is 5.78 Å². The van der Waals surface area contributed by atoms with Gasteiger partial charge in [-0.1, -0.05) is 0 Å². The minimum absolute atomic E-state index is 0.244. The van der Waals surface area contributed by atoms with Crippen LogP contribution in [-0.2, 0) is 9.53 Å². The van der Waals surface area contributed by atoms with E-state index in [-0.39, 0.29) is 11.2 Å². The third-order valence-corrected chi connectivity index (χ3v) is 3.25. The quantitative estimate of drug-likeness (QED) is 0.609. The Morgan fingerprint density at radius 3 is 2.46 bits per heavy atom. The van der Waals surface area contributed by atoms with Crippen LogP contribution in [0.1, 0.15) is 25.7 Å². The van der Waals surface area contributed by atoms with E-state index in [1.807, 2.05) is 0 Å². The maximum atomic E-state index is 10.9. The SMILES string of the molecule is N#CC1(C2CCOCC2)CC(=O)C1. The molecule has 0 aromatic carbocycles. The first-order valence-corrected chi connectivity index (χ1v) is 4.77. The molecule has 1 heterocycles. The van der Waals surface area contributed by atoms with Gasteiger partial charge in [-0.05, 0) is 18.8 Å². The number of nitrogens with zero attached hydrogens (tertiary/aromatic N) is 1. The predicted octanol–water partition coefficient (Wildman–Crippen LogP) is 1.29. The summed E-state index contributed by atoms with van der Waals surface area (Å²) in [6.07, 6.45) is 2.85. The third-order valence-electron chi connectivity index (χ3n) is 3.25. The molecule has 1 saturated heterocycles. The molecule has 0 atom stereocenters. The second-order valence-electron chi connectivity index (χ2n) is 4.05. The van der Waals surface area contributed by atoms with Crippen molar-refractivity contribution in [3.63, 3.8) is 0 Å². The summed E-state index contributed by atoms with van der Waals surface area (Å²) < 4.78 is 5.24. The molecule has 1 saturated carbocycles. The van der Waals surface area contributed by atoms with Gasteiger partial charge in [0.1, 0.15) is 5.78 Å². The molecule has 0 bridgehead atoms. The summed E-state index contributed by atoms with van der Waals surface area (Å²) in [5.41, 5.74) is -0.319. The lowest BCUT2D eigenvalue weighted by atomic mass is 9.59. The van der Waals surface area contributed by atoms with E-state index in [1.165, 1.54) is 0 Å². The first-order valence-electron chi connectivity index (χ1n) is 4.77. The van der Waals surface area contributed by atoms with Gasteiger partial charge in [-0.15, -0.1) is 0 Å². The van der Waals surface area contributed by atoms with Gasteiger partial charge in [0.25, 0.3) is 0 Å². The summed E-state index contributed by atoms with van der Waals surface area (Å²) in [5.74, 6) is 0.636. The van der Waals surface area contributed by atoms with E-state index in [1.54, 1.807) is 0 Å². The molecule has 1 aliphatic heterocycles. The lowest BCUT2D eigenvalue weighted by Gasteiger charge is -2.42. The lowest BCUT2D eigenvalue weighted by molar-refractivity contribution is -0.134. The van der Waals surface area contributed by atoms with Crippen LogP contribution in [0, 0.1) is 22.7 Å². The van der Waals surface area contributed by atoms with E-state index in [2.05, 4.69) is 6.07 Å². The molecule has 0 unspecified atom stereocenters. The van der Waals surface area contributed by atoms with Gasteiger partial charge in [-0.25, -0.2) is 0 Å². The Labute approximate surface area is 77.7 Å². The lowest BCUT2D eigenvalue weighted by Crippen LogP contribution is -2.44. The van der Waals surface area contributed by atoms with Crippen LogP contribution < -0.4 is 0 Å². The summed E-state index contributed by atoms with van der Waals surface area (Å²) >= 11 is 0. The zero-order valence-corrected chi connectivity index (χ0v) is 7.58. The minimum Gasteiger partial charge on any atom is -0.381 e. The van der Waals surface area contributed by atoms with Crippen LogP contribution in [0.25, 0.3) is 0 Å². The fourth-order valence-electron chi connectivity index (χ4n) is 2.36. The molecule has 0 amide bonds. The number of Topliss-reactive ketones (excluding diaryl/α,β-unsaturated/α-hetero) is 1. The highest BCUT2D eigenvalue weighted by Gasteiger charge is 2.49. The maximum Gasteiger partial charge on any atom is 0.136 e. The van der Waals surface area contributed by atoms with Crippen molar-refractivity contribution in [1.29, 1.82) is 5.26 Å². The van der Waals surface area contributed by atoms with Crippen molar-refractivity contribution in [1.82, 2.24) is 0 Å². The number of ketones is 1. The Balaban J connectivity index is 2.04. The van der Waals surface area contributed by atoms with Crippen LogP contribution in [0.4, 0.5) is 0 Å². The van der Waals surface area contributed by atoms with Gasteiger partial charge in [-0.3, -0.25) is 4.79 Å². The van der Waals surface area contributed by atoms with Gasteiger partial charge in [0.15, 0.2) is 0 Å². The van der Waals surface area contributed by atoms with Crippen LogP contribution in [0.2, 0.25) is 0 Å². The normalized spacial score (nSPS) is 27.8. The molecular weight excluding hydrogens is 166 g/mol. The number of rotatable bonds is 1. The molecule has 3 nitrogen and oxygen atoms in total. The Morgan fingerprint density at radius 1 is 1.38 bits per heavy atom. The molecule has 2 aliphatic rings. The molecule has 0 spiro atoms. The van der Waals surface area contributed by atoms with Crippen LogP contribution in [-0.4, -0.2) is 19.0 Å². The van der Waals surface area contributed by atoms with Gasteiger partial charge in [-0.2, -0.15) is 5.26 Å². The highest BCUT2D eigenvalue weighted by atomic mass is 16.5. The van der Waals surface area contributed by atoms with E-state index in [9.17, 15) is 4.79 Å². The third kappa shape index (κ3) is 1.36. The largest absolute Gasteiger partial charge is 0.381 e. The van der Waals surface area contributed by atoms with Gasteiger partial charge < -0.3 is 4.74 Å². The molecule has 13 heavy (non-hydrogen) atoms. The monoisotopic (exact) mass is 179 g/mol. The molecular formula is C10H13NO2. The van der Waals surface area contributed by atoms with Crippen molar-refractivity contribution < 1.29 is 9.53 Å². The molecule has 1 aliphatic carbocycles. The number of nitriles is 1. The standard InChI is InChI=1S/C10H13NO2/c11-7-10(5-9(12)6-10)8-1-3-13-4-2-8/h8H,1-6H2. The van der Waals surface area contributed by atoms with Gasteiger partial charge >= 0.3 is 0 Å². The highest BCUT2D eigenvalue weighted by molar-refractivity contribution is 5.87. The van der Waals surface area contributed by atoms with E-state index in [0.29, 0.717) is 18.8 Å². The fourth-order valence-corrected chi connectivity index (χ4v) is 2.36. The summed E-state index contributed by atoms with van der Waals surface area (Å²) in [6.45, 7) is 1.50. The summed E-state index contributed by atoms with van der Waals surface area (Å²) in [6, 6.07) is 2.34. The second-order valence-corrected chi connectivity index (χ2v) is 4.05. The van der Waals surface area contributed by atoms with Crippen LogP contribution >= 0.6 is 0 Å².